The first-order valence-corrected chi connectivity index (χ1v) is 10.4. The van der Waals surface area contributed by atoms with Crippen LogP contribution in [0.4, 0.5) is 0 Å². The number of hydrogen-bond acceptors (Lipinski definition) is 5. The van der Waals surface area contributed by atoms with E-state index in [1.807, 2.05) is 6.07 Å². The second kappa shape index (κ2) is 9.92. The Morgan fingerprint density at radius 1 is 1.14 bits per heavy atom. The summed E-state index contributed by atoms with van der Waals surface area (Å²) in [5.41, 5.74) is 4.05. The van der Waals surface area contributed by atoms with Crippen LogP contribution < -0.4 is 4.74 Å². The third-order valence-corrected chi connectivity index (χ3v) is 5.72. The van der Waals surface area contributed by atoms with E-state index < -0.39 is 25.1 Å². The SMILES string of the molecule is CC(C)c1ccc(Cc2cc(C3CC(O)CC(CO)O3)c(OCO)cc2Cl)cc1. The first-order chi connectivity index (χ1) is 13.9. The molecule has 158 valence electrons. The summed E-state index contributed by atoms with van der Waals surface area (Å²) in [6.07, 6.45) is -0.0304. The van der Waals surface area contributed by atoms with Gasteiger partial charge in [-0.3, -0.25) is 0 Å². The van der Waals surface area contributed by atoms with Gasteiger partial charge in [0.1, 0.15) is 5.75 Å². The van der Waals surface area contributed by atoms with Crippen molar-refractivity contribution < 1.29 is 24.8 Å². The van der Waals surface area contributed by atoms with E-state index in [1.165, 1.54) is 5.56 Å². The zero-order valence-electron chi connectivity index (χ0n) is 16.8. The van der Waals surface area contributed by atoms with Crippen molar-refractivity contribution in [2.45, 2.75) is 57.3 Å². The summed E-state index contributed by atoms with van der Waals surface area (Å²) in [4.78, 5) is 0. The summed E-state index contributed by atoms with van der Waals surface area (Å²) in [5, 5.41) is 29.5. The zero-order valence-corrected chi connectivity index (χ0v) is 17.6. The van der Waals surface area contributed by atoms with E-state index in [2.05, 4.69) is 38.1 Å². The molecule has 0 bridgehead atoms. The molecule has 1 aliphatic heterocycles. The van der Waals surface area contributed by atoms with Crippen molar-refractivity contribution in [3.8, 4) is 5.75 Å². The van der Waals surface area contributed by atoms with E-state index >= 15 is 0 Å². The number of aliphatic hydroxyl groups excluding tert-OH is 3. The van der Waals surface area contributed by atoms with Gasteiger partial charge in [-0.15, -0.1) is 0 Å². The highest BCUT2D eigenvalue weighted by atomic mass is 35.5. The molecule has 1 aliphatic rings. The third kappa shape index (κ3) is 5.50. The van der Waals surface area contributed by atoms with Gasteiger partial charge in [0.2, 0.25) is 0 Å². The second-order valence-electron chi connectivity index (χ2n) is 7.88. The molecule has 0 aromatic heterocycles. The Morgan fingerprint density at radius 3 is 2.48 bits per heavy atom. The van der Waals surface area contributed by atoms with Gasteiger partial charge in [-0.1, -0.05) is 49.7 Å². The highest BCUT2D eigenvalue weighted by molar-refractivity contribution is 6.31. The predicted molar refractivity (Wildman–Crippen MR) is 112 cm³/mol. The molecule has 0 aliphatic carbocycles. The fourth-order valence-electron chi connectivity index (χ4n) is 3.75. The summed E-state index contributed by atoms with van der Waals surface area (Å²) < 4.78 is 11.3. The Labute approximate surface area is 176 Å². The number of hydrogen-bond donors (Lipinski definition) is 3. The topological polar surface area (TPSA) is 79.2 Å². The molecule has 3 unspecified atom stereocenters. The molecule has 0 spiro atoms. The minimum absolute atomic E-state index is 0.160. The van der Waals surface area contributed by atoms with Crippen LogP contribution in [0, 0.1) is 0 Å². The van der Waals surface area contributed by atoms with Crippen molar-refractivity contribution in [1.82, 2.24) is 0 Å². The maximum atomic E-state index is 10.2. The molecule has 3 atom stereocenters. The van der Waals surface area contributed by atoms with Crippen LogP contribution in [0.15, 0.2) is 36.4 Å². The van der Waals surface area contributed by atoms with E-state index in [1.54, 1.807) is 6.07 Å². The summed E-state index contributed by atoms with van der Waals surface area (Å²) in [6.45, 7) is 3.68. The third-order valence-electron chi connectivity index (χ3n) is 5.37. The van der Waals surface area contributed by atoms with Gasteiger partial charge in [0.15, 0.2) is 6.79 Å². The lowest BCUT2D eigenvalue weighted by molar-refractivity contribution is -0.114. The van der Waals surface area contributed by atoms with Crippen LogP contribution in [-0.2, 0) is 11.2 Å². The highest BCUT2D eigenvalue weighted by Gasteiger charge is 2.31. The van der Waals surface area contributed by atoms with Gasteiger partial charge in [0.25, 0.3) is 0 Å². The van der Waals surface area contributed by atoms with E-state index in [-0.39, 0.29) is 6.61 Å². The van der Waals surface area contributed by atoms with Crippen LogP contribution in [0.2, 0.25) is 5.02 Å². The normalized spacial score (nSPS) is 22.1. The van der Waals surface area contributed by atoms with Crippen molar-refractivity contribution in [2.75, 3.05) is 13.4 Å². The zero-order chi connectivity index (χ0) is 21.0. The molecular formula is C23H29ClO5. The minimum atomic E-state index is -0.574. The highest BCUT2D eigenvalue weighted by Crippen LogP contribution is 2.39. The van der Waals surface area contributed by atoms with Gasteiger partial charge in [-0.2, -0.15) is 0 Å². The van der Waals surface area contributed by atoms with Crippen LogP contribution in [0.5, 0.6) is 5.75 Å². The van der Waals surface area contributed by atoms with Crippen LogP contribution in [0.3, 0.4) is 0 Å². The first-order valence-electron chi connectivity index (χ1n) is 10.0. The van der Waals surface area contributed by atoms with E-state index in [0.717, 1.165) is 16.7 Å². The Hall–Kier alpha value is -1.63. The van der Waals surface area contributed by atoms with Crippen molar-refractivity contribution in [2.24, 2.45) is 0 Å². The van der Waals surface area contributed by atoms with Gasteiger partial charge in [-0.05, 0) is 41.2 Å². The smallest absolute Gasteiger partial charge is 0.186 e. The fourth-order valence-corrected chi connectivity index (χ4v) is 3.97. The van der Waals surface area contributed by atoms with Crippen LogP contribution >= 0.6 is 11.6 Å². The summed E-state index contributed by atoms with van der Waals surface area (Å²) >= 11 is 6.50. The van der Waals surface area contributed by atoms with Crippen molar-refractivity contribution >= 4 is 11.6 Å². The molecule has 0 saturated carbocycles. The van der Waals surface area contributed by atoms with Gasteiger partial charge in [0, 0.05) is 23.4 Å². The maximum absolute atomic E-state index is 10.2. The van der Waals surface area contributed by atoms with Crippen molar-refractivity contribution in [3.05, 3.63) is 63.7 Å². The largest absolute Gasteiger partial charge is 0.467 e. The fraction of sp³-hybridized carbons (Fsp3) is 0.478. The predicted octanol–water partition coefficient (Wildman–Crippen LogP) is 3.96. The van der Waals surface area contributed by atoms with E-state index in [0.29, 0.717) is 36.0 Å². The number of halogens is 1. The monoisotopic (exact) mass is 420 g/mol. The summed E-state index contributed by atoms with van der Waals surface area (Å²) in [6, 6.07) is 12.1. The molecule has 29 heavy (non-hydrogen) atoms. The van der Waals surface area contributed by atoms with Gasteiger partial charge < -0.3 is 24.8 Å². The molecule has 0 radical (unpaired) electrons. The van der Waals surface area contributed by atoms with E-state index in [4.69, 9.17) is 21.1 Å². The number of ether oxygens (including phenoxy) is 2. The minimum Gasteiger partial charge on any atom is -0.467 e. The molecule has 0 amide bonds. The average molecular weight is 421 g/mol. The molecular weight excluding hydrogens is 392 g/mol. The van der Waals surface area contributed by atoms with Gasteiger partial charge >= 0.3 is 0 Å². The van der Waals surface area contributed by atoms with Gasteiger partial charge in [0.05, 0.1) is 24.9 Å². The summed E-state index contributed by atoms with van der Waals surface area (Å²) in [7, 11) is 0. The molecule has 3 rings (SSSR count). The van der Waals surface area contributed by atoms with E-state index in [9.17, 15) is 15.3 Å². The molecule has 6 heteroatoms. The Kier molecular flexibility index (Phi) is 7.55. The number of aliphatic hydroxyl groups is 3. The molecule has 1 fully saturated rings. The Morgan fingerprint density at radius 2 is 1.86 bits per heavy atom. The molecule has 1 heterocycles. The molecule has 5 nitrogen and oxygen atoms in total. The lowest BCUT2D eigenvalue weighted by atomic mass is 9.93. The van der Waals surface area contributed by atoms with Gasteiger partial charge in [-0.25, -0.2) is 0 Å². The maximum Gasteiger partial charge on any atom is 0.186 e. The Bertz CT molecular complexity index is 806. The van der Waals surface area contributed by atoms with Crippen molar-refractivity contribution in [3.63, 3.8) is 0 Å². The standard InChI is InChI=1S/C23H29ClO5/c1-14(2)16-5-3-15(4-6-16)7-17-8-20(22(28-13-26)11-21(17)24)23-10-18(27)9-19(12-25)29-23/h3-6,8,11,14,18-19,23,25-27H,7,9-10,12-13H2,1-2H3. The number of benzene rings is 2. The lowest BCUT2D eigenvalue weighted by Gasteiger charge is -2.33. The van der Waals surface area contributed by atoms with Crippen LogP contribution in [0.25, 0.3) is 0 Å². The lowest BCUT2D eigenvalue weighted by Crippen LogP contribution is -2.33. The molecule has 1 saturated heterocycles. The van der Waals surface area contributed by atoms with Crippen LogP contribution in [-0.4, -0.2) is 40.9 Å². The Balaban J connectivity index is 1.91. The number of rotatable bonds is 7. The average Bonchev–Trinajstić information content (AvgIpc) is 2.70. The van der Waals surface area contributed by atoms with Crippen LogP contribution in [0.1, 0.15) is 61.0 Å². The molecule has 2 aromatic carbocycles. The first kappa shape index (κ1) is 22.1. The summed E-state index contributed by atoms with van der Waals surface area (Å²) in [5.74, 6) is 0.899. The molecule has 2 aromatic rings. The quantitative estimate of drug-likeness (QED) is 0.591. The second-order valence-corrected chi connectivity index (χ2v) is 8.29. The van der Waals surface area contributed by atoms with Crippen molar-refractivity contribution in [1.29, 1.82) is 0 Å². The molecule has 3 N–H and O–H groups in total.